The Morgan fingerprint density at radius 2 is 1.22 bits per heavy atom. The van der Waals surface area contributed by atoms with Crippen LogP contribution in [0, 0.1) is 0 Å². The molecule has 0 aliphatic heterocycles. The molecule has 8 heteroatoms. The van der Waals surface area contributed by atoms with Crippen LogP contribution >= 0.6 is 67.0 Å². The predicted octanol–water partition coefficient (Wildman–Crippen LogP) is 3.42. The Kier molecular flexibility index (Phi) is 4.62. The van der Waals surface area contributed by atoms with E-state index in [-0.39, 0.29) is 5.50 Å². The second-order valence-corrected chi connectivity index (χ2v) is 25.7. The quantitative estimate of drug-likeness (QED) is 0.414. The van der Waals surface area contributed by atoms with Gasteiger partial charge in [-0.05, 0) is 0 Å². The topological polar surface area (TPSA) is 0 Å². The molecule has 0 aromatic rings. The van der Waals surface area contributed by atoms with Crippen molar-refractivity contribution in [3.8, 4) is 0 Å². The van der Waals surface area contributed by atoms with Gasteiger partial charge in [-0.15, -0.1) is 67.0 Å². The lowest BCUT2D eigenvalue weighted by molar-refractivity contribution is 2.12. The van der Waals surface area contributed by atoms with Crippen LogP contribution in [0.15, 0.2) is 0 Å². The largest absolute Gasteiger partial charge is 0.359 e. The average Bonchev–Trinajstić information content (AvgIpc) is 1.64. The Morgan fingerprint density at radius 3 is 1.22 bits per heavy atom. The van der Waals surface area contributed by atoms with E-state index in [1.54, 1.807) is 0 Å². The van der Waals surface area contributed by atoms with Crippen LogP contribution in [0.5, 0.6) is 0 Å². The maximum Gasteiger partial charge on any atom is 0.359 e. The van der Waals surface area contributed by atoms with Gasteiger partial charge < -0.3 is 0 Å². The van der Waals surface area contributed by atoms with Crippen LogP contribution in [-0.4, -0.2) is 17.2 Å². The van der Waals surface area contributed by atoms with Crippen molar-refractivity contribution in [2.75, 3.05) is 5.50 Å². The summed E-state index contributed by atoms with van der Waals surface area (Å²) >= 11 is 33.2. The molecule has 0 amide bonds. The Morgan fingerprint density at radius 1 is 0.889 bits per heavy atom. The molecule has 0 nitrogen and oxygen atoms in total. The van der Waals surface area contributed by atoms with Gasteiger partial charge in [-0.2, -0.15) is 0 Å². The molecule has 0 aromatic carbocycles. The summed E-state index contributed by atoms with van der Waals surface area (Å²) in [7, 11) is 0. The summed E-state index contributed by atoms with van der Waals surface area (Å²) in [6, 6.07) is 0. The summed E-state index contributed by atoms with van der Waals surface area (Å²) < 4.78 is 0. The van der Waals surface area contributed by atoms with Gasteiger partial charge in [0.1, 0.15) is 0 Å². The summed E-state index contributed by atoms with van der Waals surface area (Å²) in [6.45, 7) is 0. The molecule has 0 aliphatic rings. The summed E-state index contributed by atoms with van der Waals surface area (Å²) in [6.07, 6.45) is -2.73. The minimum atomic E-state index is -2.93. The number of rotatable bonds is 2. The Hall–Kier alpha value is 2.17. The number of halogens is 6. The molecule has 0 atom stereocenters. The van der Waals surface area contributed by atoms with Crippen LogP contribution in [0.1, 0.15) is 0 Å². The van der Waals surface area contributed by atoms with Gasteiger partial charge in [-0.3, -0.25) is 0 Å². The van der Waals surface area contributed by atoms with Gasteiger partial charge in [0.2, 0.25) is 0 Å². The van der Waals surface area contributed by atoms with Crippen LogP contribution in [0.3, 0.4) is 0 Å². The summed E-state index contributed by atoms with van der Waals surface area (Å²) in [5.74, 6) is 0. The fourth-order valence-corrected chi connectivity index (χ4v) is 6.14. The third kappa shape index (κ3) is 3.38. The molecule has 0 spiro atoms. The SMILES string of the molecule is ClC[Si](Cl)(Cl)[Si](Cl)(Cl)Cl. The van der Waals surface area contributed by atoms with Gasteiger partial charge in [0.25, 0.3) is 0 Å². The lowest BCUT2D eigenvalue weighted by Crippen LogP contribution is -2.44. The highest BCUT2D eigenvalue weighted by atomic mass is 35.9. The molecule has 0 bridgehead atoms. The Balaban J connectivity index is 4.14. The summed E-state index contributed by atoms with van der Waals surface area (Å²) in [5.41, 5.74) is -2.86. The van der Waals surface area contributed by atoms with Crippen molar-refractivity contribution in [1.82, 2.24) is 0 Å². The second-order valence-electron chi connectivity index (χ2n) is 1.34. The Labute approximate surface area is 83.6 Å². The van der Waals surface area contributed by atoms with E-state index < -0.39 is 11.7 Å². The van der Waals surface area contributed by atoms with Crippen LogP contribution in [0.2, 0.25) is 0 Å². The highest BCUT2D eigenvalue weighted by molar-refractivity contribution is 8.02. The molecule has 9 heavy (non-hydrogen) atoms. The number of alkyl halides is 1. The molecule has 0 radical (unpaired) electrons. The minimum Gasteiger partial charge on any atom is -0.144 e. The standard InChI is InChI=1S/CH2Cl6Si2/c2-1-8(3,4)9(5,6)7/h1H2. The molecule has 0 saturated heterocycles. The predicted molar refractivity (Wildman–Crippen MR) is 51.5 cm³/mol. The molecule has 0 aromatic heterocycles. The second kappa shape index (κ2) is 3.72. The van der Waals surface area contributed by atoms with E-state index in [0.717, 1.165) is 0 Å². The van der Waals surface area contributed by atoms with Gasteiger partial charge in [-0.1, -0.05) is 0 Å². The van der Waals surface area contributed by atoms with Crippen LogP contribution in [-0.2, 0) is 0 Å². The normalized spacial score (nSPS) is 14.0. The average molecular weight is 283 g/mol. The molecule has 0 fully saturated rings. The summed E-state index contributed by atoms with van der Waals surface area (Å²) in [5, 5.41) is 0. The fraction of sp³-hybridized carbons (Fsp3) is 1.00. The Bertz CT molecular complexity index is 93.7. The first-order valence-electron chi connectivity index (χ1n) is 1.82. The van der Waals surface area contributed by atoms with Crippen molar-refractivity contribution < 1.29 is 0 Å². The number of hydrogen-bond donors (Lipinski definition) is 0. The zero-order valence-electron chi connectivity index (χ0n) is 3.97. The van der Waals surface area contributed by atoms with E-state index in [4.69, 9.17) is 67.0 Å². The van der Waals surface area contributed by atoms with Crippen molar-refractivity contribution in [3.05, 3.63) is 0 Å². The molecule has 56 valence electrons. The minimum absolute atomic E-state index is 0.0683. The van der Waals surface area contributed by atoms with Gasteiger partial charge in [0.05, 0.1) is 0 Å². The molecular formula is CH2Cl6Si2. The zero-order valence-corrected chi connectivity index (χ0v) is 10.5. The zero-order chi connectivity index (χ0) is 7.71. The maximum atomic E-state index is 5.64. The monoisotopic (exact) mass is 280 g/mol. The van der Waals surface area contributed by atoms with E-state index in [0.29, 0.717) is 0 Å². The third-order valence-corrected chi connectivity index (χ3v) is 27.3. The first-order valence-corrected chi connectivity index (χ1v) is 12.6. The van der Waals surface area contributed by atoms with Gasteiger partial charge in [0, 0.05) is 5.50 Å². The van der Waals surface area contributed by atoms with E-state index in [1.165, 1.54) is 0 Å². The molecular weight excluding hydrogens is 281 g/mol. The van der Waals surface area contributed by atoms with Crippen molar-refractivity contribution in [3.63, 3.8) is 0 Å². The fourth-order valence-electron chi connectivity index (χ4n) is 0.0758. The van der Waals surface area contributed by atoms with E-state index in [9.17, 15) is 0 Å². The molecule has 0 rings (SSSR count). The van der Waals surface area contributed by atoms with E-state index >= 15 is 0 Å². The molecule has 0 saturated carbocycles. The van der Waals surface area contributed by atoms with Crippen molar-refractivity contribution in [1.29, 1.82) is 0 Å². The van der Waals surface area contributed by atoms with Crippen LogP contribution < -0.4 is 0 Å². The molecule has 0 N–H and O–H groups in total. The van der Waals surface area contributed by atoms with E-state index in [1.807, 2.05) is 0 Å². The molecule has 0 aliphatic carbocycles. The lowest BCUT2D eigenvalue weighted by atomic mass is 11.9. The smallest absolute Gasteiger partial charge is 0.144 e. The van der Waals surface area contributed by atoms with Crippen molar-refractivity contribution in [2.45, 2.75) is 0 Å². The third-order valence-electron chi connectivity index (χ3n) is 0.583. The van der Waals surface area contributed by atoms with Crippen LogP contribution in [0.4, 0.5) is 0 Å². The lowest BCUT2D eigenvalue weighted by Gasteiger charge is -2.18. The van der Waals surface area contributed by atoms with Crippen molar-refractivity contribution >= 4 is 78.7 Å². The van der Waals surface area contributed by atoms with Gasteiger partial charge in [0.15, 0.2) is 0 Å². The molecule has 0 unspecified atom stereocenters. The highest BCUT2D eigenvalue weighted by Crippen LogP contribution is 2.37. The van der Waals surface area contributed by atoms with Crippen molar-refractivity contribution in [2.24, 2.45) is 0 Å². The van der Waals surface area contributed by atoms with Gasteiger partial charge >= 0.3 is 11.7 Å². The first-order chi connectivity index (χ1) is 3.81. The first kappa shape index (κ1) is 11.2. The van der Waals surface area contributed by atoms with Gasteiger partial charge in [-0.25, -0.2) is 0 Å². The molecule has 0 heterocycles. The van der Waals surface area contributed by atoms with E-state index in [2.05, 4.69) is 0 Å². The number of hydrogen-bond acceptors (Lipinski definition) is 0. The highest BCUT2D eigenvalue weighted by Gasteiger charge is 2.52. The van der Waals surface area contributed by atoms with Crippen LogP contribution in [0.25, 0.3) is 0 Å². The summed E-state index contributed by atoms with van der Waals surface area (Å²) in [4.78, 5) is 0. The maximum absolute atomic E-state index is 5.64.